The summed E-state index contributed by atoms with van der Waals surface area (Å²) in [4.78, 5) is 50.9. The minimum Gasteiger partial charge on any atom is -0.469 e. The van der Waals surface area contributed by atoms with Crippen molar-refractivity contribution < 1.29 is 28.3 Å². The van der Waals surface area contributed by atoms with Crippen LogP contribution in [0.1, 0.15) is 44.7 Å². The van der Waals surface area contributed by atoms with Crippen LogP contribution >= 0.6 is 22.9 Å². The van der Waals surface area contributed by atoms with Crippen molar-refractivity contribution in [3.63, 3.8) is 0 Å². The van der Waals surface area contributed by atoms with Crippen LogP contribution in [0, 0.1) is 5.82 Å². The number of para-hydroxylation sites is 1. The van der Waals surface area contributed by atoms with Gasteiger partial charge in [-0.1, -0.05) is 29.8 Å². The third-order valence-electron chi connectivity index (χ3n) is 7.93. The van der Waals surface area contributed by atoms with E-state index in [1.54, 1.807) is 36.5 Å². The number of hydrogen-bond donors (Lipinski definition) is 1. The van der Waals surface area contributed by atoms with Crippen LogP contribution < -0.4 is 5.32 Å². The minimum absolute atomic E-state index is 0.101. The van der Waals surface area contributed by atoms with E-state index < -0.39 is 11.7 Å². The number of carbonyl (C=O) groups excluding carboxylic acids is 3. The SMILES string of the molecule is COC(=O)CCc1cnc([C@@H]2C[C@H](N(C)OC)CN2C(=O)Cc2cc(Cl)c(NC(=O)c3cn(C)c4ccccc34)cc2F)s1. The summed E-state index contributed by atoms with van der Waals surface area (Å²) in [5.41, 5.74) is 1.55. The molecule has 1 saturated heterocycles. The highest BCUT2D eigenvalue weighted by molar-refractivity contribution is 7.11. The van der Waals surface area contributed by atoms with E-state index in [0.29, 0.717) is 24.9 Å². The molecular weight excluding hydrogens is 609 g/mol. The molecule has 2 aromatic carbocycles. The molecule has 4 aromatic rings. The summed E-state index contributed by atoms with van der Waals surface area (Å²) >= 11 is 7.93. The summed E-state index contributed by atoms with van der Waals surface area (Å²) in [7, 11) is 6.55. The fourth-order valence-electron chi connectivity index (χ4n) is 5.45. The van der Waals surface area contributed by atoms with Gasteiger partial charge in [0.05, 0.1) is 55.4 Å². The van der Waals surface area contributed by atoms with Crippen LogP contribution in [-0.4, -0.2) is 71.2 Å². The molecule has 1 fully saturated rings. The lowest BCUT2D eigenvalue weighted by Crippen LogP contribution is -2.37. The van der Waals surface area contributed by atoms with E-state index in [2.05, 4.69) is 10.3 Å². The Balaban J connectivity index is 1.32. The third kappa shape index (κ3) is 6.63. The van der Waals surface area contributed by atoms with Gasteiger partial charge in [0.15, 0.2) is 0 Å². The average molecular weight is 642 g/mol. The molecule has 0 spiro atoms. The number of amides is 2. The Hall–Kier alpha value is -3.84. The van der Waals surface area contributed by atoms with Gasteiger partial charge in [-0.2, -0.15) is 5.06 Å². The second-order valence-corrected chi connectivity index (χ2v) is 12.2. The molecule has 1 aliphatic rings. The van der Waals surface area contributed by atoms with Crippen LogP contribution in [0.25, 0.3) is 10.9 Å². The van der Waals surface area contributed by atoms with Crippen LogP contribution in [0.15, 0.2) is 48.8 Å². The normalized spacial score (nSPS) is 16.6. The molecule has 13 heteroatoms. The van der Waals surface area contributed by atoms with Gasteiger partial charge in [-0.3, -0.25) is 14.4 Å². The number of fused-ring (bicyclic) bond motifs is 1. The first-order valence-corrected chi connectivity index (χ1v) is 15.2. The van der Waals surface area contributed by atoms with Crippen molar-refractivity contribution in [2.75, 3.05) is 33.1 Å². The first-order valence-electron chi connectivity index (χ1n) is 14.0. The Morgan fingerprint density at radius 2 is 2.00 bits per heavy atom. The number of ether oxygens (including phenoxy) is 1. The van der Waals surface area contributed by atoms with E-state index >= 15 is 4.39 Å². The maximum absolute atomic E-state index is 15.4. The summed E-state index contributed by atoms with van der Waals surface area (Å²) < 4.78 is 22.0. The predicted octanol–water partition coefficient (Wildman–Crippen LogP) is 5.16. The number of benzene rings is 2. The summed E-state index contributed by atoms with van der Waals surface area (Å²) in [6.07, 6.45) is 4.48. The molecule has 5 rings (SSSR count). The number of thiazole rings is 1. The topological polar surface area (TPSA) is 106 Å². The van der Waals surface area contributed by atoms with Crippen molar-refractivity contribution in [3.8, 4) is 0 Å². The van der Waals surface area contributed by atoms with Crippen molar-refractivity contribution in [2.24, 2.45) is 7.05 Å². The van der Waals surface area contributed by atoms with Gasteiger partial charge in [0.2, 0.25) is 5.91 Å². The molecule has 44 heavy (non-hydrogen) atoms. The standard InChI is InChI=1S/C31H33ClFN5O5S/c1-36-17-22(21-7-5-6-8-26(21)36)30(41)35-25-14-24(33)18(11-23(25)32)12-28(39)38-16-19(37(2)43-4)13-27(38)31-34-15-20(44-31)9-10-29(40)42-3/h5-8,11,14-15,17,19,27H,9-10,12-13,16H2,1-4H3,(H,35,41)/t19-,27-/m0/s1. The molecule has 10 nitrogen and oxygen atoms in total. The van der Waals surface area contributed by atoms with Gasteiger partial charge < -0.3 is 24.4 Å². The number of esters is 1. The summed E-state index contributed by atoms with van der Waals surface area (Å²) in [5, 5.41) is 6.02. The fraction of sp³-hybridized carbons (Fsp3) is 0.355. The molecule has 232 valence electrons. The van der Waals surface area contributed by atoms with E-state index in [1.165, 1.54) is 24.5 Å². The molecule has 2 atom stereocenters. The Kier molecular flexibility index (Phi) is 9.64. The Morgan fingerprint density at radius 3 is 2.75 bits per heavy atom. The van der Waals surface area contributed by atoms with Gasteiger partial charge >= 0.3 is 5.97 Å². The van der Waals surface area contributed by atoms with E-state index in [9.17, 15) is 14.4 Å². The van der Waals surface area contributed by atoms with Gasteiger partial charge in [0.25, 0.3) is 5.91 Å². The van der Waals surface area contributed by atoms with E-state index in [0.717, 1.165) is 26.9 Å². The zero-order valence-corrected chi connectivity index (χ0v) is 26.4. The number of aryl methyl sites for hydroxylation is 2. The molecule has 1 aliphatic heterocycles. The van der Waals surface area contributed by atoms with Gasteiger partial charge in [-0.05, 0) is 36.6 Å². The highest BCUT2D eigenvalue weighted by atomic mass is 35.5. The van der Waals surface area contributed by atoms with E-state index in [-0.39, 0.29) is 53.1 Å². The number of likely N-dealkylation sites (tertiary alicyclic amines) is 1. The lowest BCUT2D eigenvalue weighted by molar-refractivity contribution is -0.141. The Bertz CT molecular complexity index is 1710. The summed E-state index contributed by atoms with van der Waals surface area (Å²) in [6, 6.07) is 9.56. The highest BCUT2D eigenvalue weighted by Gasteiger charge is 2.40. The Morgan fingerprint density at radius 1 is 1.23 bits per heavy atom. The molecule has 3 heterocycles. The third-order valence-corrected chi connectivity index (χ3v) is 9.40. The van der Waals surface area contributed by atoms with Crippen molar-refractivity contribution in [1.82, 2.24) is 19.5 Å². The lowest BCUT2D eigenvalue weighted by Gasteiger charge is -2.24. The van der Waals surface area contributed by atoms with Gasteiger partial charge in [-0.15, -0.1) is 11.3 Å². The molecular formula is C31H33ClFN5O5S. The fourth-order valence-corrected chi connectivity index (χ4v) is 6.73. The highest BCUT2D eigenvalue weighted by Crippen LogP contribution is 2.37. The van der Waals surface area contributed by atoms with Crippen LogP contribution in [-0.2, 0) is 39.1 Å². The molecule has 0 radical (unpaired) electrons. The number of hydrogen-bond acceptors (Lipinski definition) is 8. The number of likely N-dealkylation sites (N-methyl/N-ethyl adjacent to an activating group) is 1. The quantitative estimate of drug-likeness (QED) is 0.188. The molecule has 0 unspecified atom stereocenters. The smallest absolute Gasteiger partial charge is 0.305 e. The van der Waals surface area contributed by atoms with Crippen molar-refractivity contribution in [1.29, 1.82) is 0 Å². The van der Waals surface area contributed by atoms with Crippen LogP contribution in [0.3, 0.4) is 0 Å². The number of nitrogens with one attached hydrogen (secondary N) is 1. The number of rotatable bonds is 10. The number of carbonyl (C=O) groups is 3. The first-order chi connectivity index (χ1) is 21.1. The molecule has 1 N–H and O–H groups in total. The number of aromatic nitrogens is 2. The van der Waals surface area contributed by atoms with Crippen molar-refractivity contribution in [3.05, 3.63) is 80.6 Å². The van der Waals surface area contributed by atoms with Crippen molar-refractivity contribution >= 4 is 57.3 Å². The second kappa shape index (κ2) is 13.4. The van der Waals surface area contributed by atoms with Crippen LogP contribution in [0.2, 0.25) is 5.02 Å². The maximum atomic E-state index is 15.4. The lowest BCUT2D eigenvalue weighted by atomic mass is 10.1. The number of methoxy groups -OCH3 is 1. The summed E-state index contributed by atoms with van der Waals surface area (Å²) in [6.45, 7) is 0.361. The number of nitrogens with zero attached hydrogens (tertiary/aromatic N) is 4. The second-order valence-electron chi connectivity index (χ2n) is 10.6. The van der Waals surface area contributed by atoms with E-state index in [1.807, 2.05) is 35.9 Å². The predicted molar refractivity (Wildman–Crippen MR) is 166 cm³/mol. The number of anilines is 1. The minimum atomic E-state index is -0.656. The maximum Gasteiger partial charge on any atom is 0.305 e. The zero-order valence-electron chi connectivity index (χ0n) is 24.8. The van der Waals surface area contributed by atoms with Crippen LogP contribution in [0.4, 0.5) is 10.1 Å². The molecule has 0 bridgehead atoms. The molecule has 2 amide bonds. The van der Waals surface area contributed by atoms with Gasteiger partial charge in [0.1, 0.15) is 10.8 Å². The van der Waals surface area contributed by atoms with Crippen molar-refractivity contribution in [2.45, 2.75) is 37.8 Å². The van der Waals surface area contributed by atoms with Gasteiger partial charge in [0, 0.05) is 48.8 Å². The molecule has 0 aliphatic carbocycles. The number of hydroxylamine groups is 2. The average Bonchev–Trinajstić information content (AvgIpc) is 3.75. The van der Waals surface area contributed by atoms with Crippen LogP contribution in [0.5, 0.6) is 0 Å². The van der Waals surface area contributed by atoms with E-state index in [4.69, 9.17) is 21.2 Å². The zero-order chi connectivity index (χ0) is 31.5. The molecule has 2 aromatic heterocycles. The van der Waals surface area contributed by atoms with Gasteiger partial charge in [-0.25, -0.2) is 9.37 Å². The number of halogens is 2. The largest absolute Gasteiger partial charge is 0.469 e. The monoisotopic (exact) mass is 641 g/mol. The molecule has 0 saturated carbocycles. The Labute approximate surface area is 263 Å². The first kappa shape index (κ1) is 31.6. The summed E-state index contributed by atoms with van der Waals surface area (Å²) in [5.74, 6) is -1.68.